The van der Waals surface area contributed by atoms with Crippen molar-refractivity contribution in [1.82, 2.24) is 30.1 Å². The number of aromatic amines is 1. The van der Waals surface area contributed by atoms with Crippen molar-refractivity contribution in [2.24, 2.45) is 0 Å². The van der Waals surface area contributed by atoms with Gasteiger partial charge in [-0.05, 0) is 70.3 Å². The third kappa shape index (κ3) is 4.94. The van der Waals surface area contributed by atoms with Gasteiger partial charge in [-0.1, -0.05) is 24.3 Å². The number of benzene rings is 2. The van der Waals surface area contributed by atoms with Crippen LogP contribution in [0.15, 0.2) is 76.1 Å². The molecule has 0 aliphatic carbocycles. The lowest BCUT2D eigenvalue weighted by Gasteiger charge is -2.20. The van der Waals surface area contributed by atoms with E-state index >= 15 is 0 Å². The Morgan fingerprint density at radius 3 is 2.71 bits per heavy atom. The molecule has 3 heterocycles. The molecule has 0 aliphatic rings. The van der Waals surface area contributed by atoms with Crippen LogP contribution in [0.1, 0.15) is 28.3 Å². The van der Waals surface area contributed by atoms with Crippen LogP contribution in [-0.4, -0.2) is 30.1 Å². The molecule has 0 saturated heterocycles. The van der Waals surface area contributed by atoms with Crippen molar-refractivity contribution in [1.29, 1.82) is 0 Å². The lowest BCUT2D eigenvalue weighted by atomic mass is 10.1. The fraction of sp³-hybridized carbons (Fsp3) is 0.200. The minimum Gasteiger partial charge on any atom is -0.468 e. The average Bonchev–Trinajstić information content (AvgIpc) is 3.48. The van der Waals surface area contributed by atoms with E-state index in [1.807, 2.05) is 43.3 Å². The molecule has 0 saturated carbocycles. The van der Waals surface area contributed by atoms with E-state index in [1.54, 1.807) is 23.1 Å². The van der Waals surface area contributed by atoms with Crippen LogP contribution in [0, 0.1) is 12.7 Å². The fourth-order valence-corrected chi connectivity index (χ4v) is 3.93. The lowest BCUT2D eigenvalue weighted by molar-refractivity contribution is 0.217. The highest BCUT2D eigenvalue weighted by Crippen LogP contribution is 2.17. The van der Waals surface area contributed by atoms with Crippen LogP contribution in [0.25, 0.3) is 10.9 Å². The molecule has 0 spiro atoms. The molecule has 0 bridgehead atoms. The lowest BCUT2D eigenvalue weighted by Crippen LogP contribution is -2.28. The summed E-state index contributed by atoms with van der Waals surface area (Å²) >= 11 is 0. The van der Waals surface area contributed by atoms with Crippen molar-refractivity contribution < 1.29 is 8.81 Å². The molecule has 0 fully saturated rings. The van der Waals surface area contributed by atoms with Gasteiger partial charge in [0, 0.05) is 17.6 Å². The van der Waals surface area contributed by atoms with Crippen LogP contribution in [0.3, 0.4) is 0 Å². The molecule has 5 rings (SSSR count). The van der Waals surface area contributed by atoms with E-state index in [2.05, 4.69) is 25.4 Å². The van der Waals surface area contributed by atoms with Gasteiger partial charge in [0.15, 0.2) is 5.82 Å². The van der Waals surface area contributed by atoms with Gasteiger partial charge in [0.25, 0.3) is 5.56 Å². The van der Waals surface area contributed by atoms with E-state index in [9.17, 15) is 9.18 Å². The minimum atomic E-state index is -0.291. The van der Waals surface area contributed by atoms with Gasteiger partial charge in [-0.15, -0.1) is 5.10 Å². The van der Waals surface area contributed by atoms with E-state index in [-0.39, 0.29) is 11.4 Å². The van der Waals surface area contributed by atoms with Gasteiger partial charge < -0.3 is 9.40 Å². The Morgan fingerprint density at radius 2 is 1.91 bits per heavy atom. The van der Waals surface area contributed by atoms with Crippen LogP contribution < -0.4 is 5.56 Å². The van der Waals surface area contributed by atoms with Gasteiger partial charge in [0.05, 0.1) is 25.9 Å². The smallest absolute Gasteiger partial charge is 0.252 e. The van der Waals surface area contributed by atoms with Crippen molar-refractivity contribution in [3.8, 4) is 0 Å². The van der Waals surface area contributed by atoms with Crippen molar-refractivity contribution in [3.63, 3.8) is 0 Å². The van der Waals surface area contributed by atoms with Crippen LogP contribution in [0.2, 0.25) is 0 Å². The van der Waals surface area contributed by atoms with E-state index in [4.69, 9.17) is 4.42 Å². The molecule has 8 nitrogen and oxygen atoms in total. The largest absolute Gasteiger partial charge is 0.468 e. The van der Waals surface area contributed by atoms with Crippen LogP contribution in [0.5, 0.6) is 0 Å². The molecular weight excluding hydrogens is 435 g/mol. The van der Waals surface area contributed by atoms with Crippen molar-refractivity contribution >= 4 is 10.9 Å². The first-order valence-corrected chi connectivity index (χ1v) is 10.9. The summed E-state index contributed by atoms with van der Waals surface area (Å²) in [7, 11) is 0. The fourth-order valence-electron chi connectivity index (χ4n) is 3.93. The Bertz CT molecular complexity index is 1460. The number of tetrazole rings is 1. The van der Waals surface area contributed by atoms with Crippen LogP contribution in [0.4, 0.5) is 4.39 Å². The highest BCUT2D eigenvalue weighted by atomic mass is 19.1. The normalized spacial score (nSPS) is 11.5. The van der Waals surface area contributed by atoms with Crippen molar-refractivity contribution in [2.45, 2.75) is 33.1 Å². The molecule has 172 valence electrons. The molecule has 2 aromatic carbocycles. The van der Waals surface area contributed by atoms with Gasteiger partial charge in [0.2, 0.25) is 0 Å². The standard InChI is InChI=1S/C25H23FN6O2/c1-17-4-7-19-12-20(25(33)27-23(19)11-17)14-31(15-22-3-2-10-34-22)16-24-28-29-30-32(24)13-18-5-8-21(26)9-6-18/h2-12H,13-16H2,1H3,(H,27,33). The number of aromatic nitrogens is 5. The molecule has 3 aromatic heterocycles. The summed E-state index contributed by atoms with van der Waals surface area (Å²) in [5, 5.41) is 13.1. The Morgan fingerprint density at radius 1 is 1.06 bits per heavy atom. The van der Waals surface area contributed by atoms with E-state index in [0.717, 1.165) is 27.8 Å². The molecule has 9 heteroatoms. The number of hydrogen-bond donors (Lipinski definition) is 1. The molecule has 0 aliphatic heterocycles. The quantitative estimate of drug-likeness (QED) is 0.380. The maximum absolute atomic E-state index is 13.3. The number of furan rings is 1. The Balaban J connectivity index is 1.41. The first-order chi connectivity index (χ1) is 16.5. The molecule has 0 atom stereocenters. The maximum atomic E-state index is 13.3. The monoisotopic (exact) mass is 458 g/mol. The van der Waals surface area contributed by atoms with Gasteiger partial charge >= 0.3 is 0 Å². The second kappa shape index (κ2) is 9.40. The zero-order valence-corrected chi connectivity index (χ0v) is 18.6. The zero-order chi connectivity index (χ0) is 23.5. The predicted octanol–water partition coefficient (Wildman–Crippen LogP) is 3.81. The summed E-state index contributed by atoms with van der Waals surface area (Å²) < 4.78 is 20.5. The van der Waals surface area contributed by atoms with Crippen LogP contribution in [-0.2, 0) is 26.2 Å². The number of nitrogens with one attached hydrogen (secondary N) is 1. The van der Waals surface area contributed by atoms with Gasteiger partial charge in [-0.2, -0.15) is 0 Å². The number of aryl methyl sites for hydroxylation is 1. The highest BCUT2D eigenvalue weighted by molar-refractivity contribution is 5.79. The first-order valence-electron chi connectivity index (χ1n) is 10.9. The second-order valence-corrected chi connectivity index (χ2v) is 8.32. The Hall–Kier alpha value is -4.11. The molecular formula is C25H23FN6O2. The summed E-state index contributed by atoms with van der Waals surface area (Å²) in [5.41, 5.74) is 3.29. The minimum absolute atomic E-state index is 0.131. The first kappa shape index (κ1) is 21.7. The van der Waals surface area contributed by atoms with Crippen LogP contribution >= 0.6 is 0 Å². The molecule has 0 unspecified atom stereocenters. The number of halogens is 1. The summed E-state index contributed by atoms with van der Waals surface area (Å²) in [6, 6.07) is 17.9. The third-order valence-corrected chi connectivity index (χ3v) is 5.65. The van der Waals surface area contributed by atoms with Gasteiger partial charge in [-0.3, -0.25) is 9.69 Å². The second-order valence-electron chi connectivity index (χ2n) is 8.32. The highest BCUT2D eigenvalue weighted by Gasteiger charge is 2.17. The molecule has 0 amide bonds. The maximum Gasteiger partial charge on any atom is 0.252 e. The van der Waals surface area contributed by atoms with E-state index in [0.29, 0.717) is 37.6 Å². The van der Waals surface area contributed by atoms with Crippen molar-refractivity contribution in [2.75, 3.05) is 0 Å². The topological polar surface area (TPSA) is 92.8 Å². The molecule has 5 aromatic rings. The Labute approximate surface area is 194 Å². The summed E-state index contributed by atoms with van der Waals surface area (Å²) in [5.74, 6) is 1.11. The number of nitrogens with zero attached hydrogens (tertiary/aromatic N) is 5. The zero-order valence-electron chi connectivity index (χ0n) is 18.6. The predicted molar refractivity (Wildman–Crippen MR) is 124 cm³/mol. The SMILES string of the molecule is Cc1ccc2cc(CN(Cc3ccco3)Cc3nnnn3Cc3ccc(F)cc3)c(=O)[nH]c2c1. The molecule has 34 heavy (non-hydrogen) atoms. The average molecular weight is 458 g/mol. The Kier molecular flexibility index (Phi) is 6.01. The van der Waals surface area contributed by atoms with E-state index < -0.39 is 0 Å². The summed E-state index contributed by atoms with van der Waals surface area (Å²) in [4.78, 5) is 17.9. The van der Waals surface area contributed by atoms with Gasteiger partial charge in [0.1, 0.15) is 11.6 Å². The number of rotatable bonds is 8. The van der Waals surface area contributed by atoms with Crippen molar-refractivity contribution in [3.05, 3.63) is 111 Å². The summed E-state index contributed by atoms with van der Waals surface area (Å²) in [6.07, 6.45) is 1.62. The third-order valence-electron chi connectivity index (χ3n) is 5.65. The number of H-pyrrole nitrogens is 1. The summed E-state index contributed by atoms with van der Waals surface area (Å²) in [6.45, 7) is 3.64. The molecule has 1 N–H and O–H groups in total. The van der Waals surface area contributed by atoms with Gasteiger partial charge in [-0.25, -0.2) is 9.07 Å². The number of hydrogen-bond acceptors (Lipinski definition) is 6. The molecule has 0 radical (unpaired) electrons. The number of fused-ring (bicyclic) bond motifs is 1. The van der Waals surface area contributed by atoms with E-state index in [1.165, 1.54) is 12.1 Å². The number of pyridine rings is 1.